The van der Waals surface area contributed by atoms with Gasteiger partial charge in [-0.3, -0.25) is 4.79 Å². The number of Topliss-reactive ketones (excluding diaryl/α,β-unsaturated/α-hetero) is 1. The van der Waals surface area contributed by atoms with Gasteiger partial charge in [0.2, 0.25) is 5.95 Å². The van der Waals surface area contributed by atoms with Crippen molar-refractivity contribution >= 4 is 28.5 Å². The number of benzene rings is 2. The van der Waals surface area contributed by atoms with Crippen LogP contribution in [0.3, 0.4) is 0 Å². The lowest BCUT2D eigenvalue weighted by atomic mass is 10.0. The average molecular weight is 307 g/mol. The summed E-state index contributed by atoms with van der Waals surface area (Å²) in [6.45, 7) is 5.91. The van der Waals surface area contributed by atoms with Crippen molar-refractivity contribution in [1.82, 2.24) is 9.97 Å². The normalized spacial score (nSPS) is 11.1. The highest BCUT2D eigenvalue weighted by Gasteiger charge is 2.08. The quantitative estimate of drug-likeness (QED) is 0.735. The summed E-state index contributed by atoms with van der Waals surface area (Å²) in [5, 5.41) is 3.27. The number of imidazole rings is 1. The van der Waals surface area contributed by atoms with E-state index < -0.39 is 0 Å². The van der Waals surface area contributed by atoms with Gasteiger partial charge >= 0.3 is 0 Å². The van der Waals surface area contributed by atoms with Crippen LogP contribution in [0.1, 0.15) is 25.0 Å². The first-order chi connectivity index (χ1) is 11.0. The van der Waals surface area contributed by atoms with E-state index in [1.54, 1.807) is 0 Å². The average Bonchev–Trinajstić information content (AvgIpc) is 2.93. The van der Waals surface area contributed by atoms with E-state index in [2.05, 4.69) is 15.3 Å². The third-order valence-electron chi connectivity index (χ3n) is 3.95. The summed E-state index contributed by atoms with van der Waals surface area (Å²) in [7, 11) is 0. The Morgan fingerprint density at radius 1 is 1.17 bits per heavy atom. The molecule has 0 spiro atoms. The smallest absolute Gasteiger partial charge is 0.205 e. The van der Waals surface area contributed by atoms with Gasteiger partial charge in [0.05, 0.1) is 11.0 Å². The molecule has 2 N–H and O–H groups in total. The Labute approximate surface area is 136 Å². The first-order valence-electron chi connectivity index (χ1n) is 7.87. The second-order valence-corrected chi connectivity index (χ2v) is 6.18. The van der Waals surface area contributed by atoms with Crippen molar-refractivity contribution in [2.45, 2.75) is 27.2 Å². The number of aromatic nitrogens is 2. The van der Waals surface area contributed by atoms with Gasteiger partial charge in [-0.1, -0.05) is 38.1 Å². The van der Waals surface area contributed by atoms with Crippen molar-refractivity contribution in [2.24, 2.45) is 5.92 Å². The number of anilines is 2. The minimum atomic E-state index is 0.0755. The molecule has 0 unspecified atom stereocenters. The second-order valence-electron chi connectivity index (χ2n) is 6.18. The van der Waals surface area contributed by atoms with Crippen molar-refractivity contribution in [3.8, 4) is 0 Å². The molecule has 0 radical (unpaired) electrons. The standard InChI is InChI=1S/C19H21N3O/c1-12(2)17(23)11-14-7-9-15(10-8-14)20-19-21-16-6-4-5-13(3)18(16)22-19/h4-10,12H,11H2,1-3H3,(H2,20,21,22). The van der Waals surface area contributed by atoms with Crippen LogP contribution in [-0.2, 0) is 11.2 Å². The Bertz CT molecular complexity index is 831. The fourth-order valence-corrected chi connectivity index (χ4v) is 2.48. The largest absolute Gasteiger partial charge is 0.326 e. The lowest BCUT2D eigenvalue weighted by molar-refractivity contribution is -0.121. The van der Waals surface area contributed by atoms with Gasteiger partial charge in [-0.2, -0.15) is 0 Å². The van der Waals surface area contributed by atoms with E-state index in [0.29, 0.717) is 6.42 Å². The summed E-state index contributed by atoms with van der Waals surface area (Å²) in [5.74, 6) is 1.06. The van der Waals surface area contributed by atoms with Crippen LogP contribution in [0, 0.1) is 12.8 Å². The van der Waals surface area contributed by atoms with E-state index in [1.807, 2.05) is 63.2 Å². The van der Waals surface area contributed by atoms with Crippen LogP contribution in [0.15, 0.2) is 42.5 Å². The Balaban J connectivity index is 1.74. The maximum atomic E-state index is 11.8. The number of nitrogens with one attached hydrogen (secondary N) is 2. The SMILES string of the molecule is Cc1cccc2[nH]c(Nc3ccc(CC(=O)C(C)C)cc3)nc12. The zero-order valence-electron chi connectivity index (χ0n) is 13.7. The van der Waals surface area contributed by atoms with Gasteiger partial charge in [0.1, 0.15) is 5.78 Å². The van der Waals surface area contributed by atoms with Gasteiger partial charge in [0, 0.05) is 18.0 Å². The third-order valence-corrected chi connectivity index (χ3v) is 3.95. The summed E-state index contributed by atoms with van der Waals surface area (Å²) < 4.78 is 0. The highest BCUT2D eigenvalue weighted by atomic mass is 16.1. The van der Waals surface area contributed by atoms with E-state index in [0.717, 1.165) is 33.8 Å². The number of fused-ring (bicyclic) bond motifs is 1. The van der Waals surface area contributed by atoms with E-state index in [4.69, 9.17) is 0 Å². The van der Waals surface area contributed by atoms with Crippen LogP contribution in [0.5, 0.6) is 0 Å². The number of aryl methyl sites for hydroxylation is 1. The van der Waals surface area contributed by atoms with Crippen molar-refractivity contribution in [1.29, 1.82) is 0 Å². The van der Waals surface area contributed by atoms with Crippen LogP contribution in [0.4, 0.5) is 11.6 Å². The van der Waals surface area contributed by atoms with Gasteiger partial charge in [0.25, 0.3) is 0 Å². The summed E-state index contributed by atoms with van der Waals surface area (Å²) in [4.78, 5) is 19.6. The Morgan fingerprint density at radius 2 is 1.91 bits per heavy atom. The molecule has 0 bridgehead atoms. The molecule has 3 rings (SSSR count). The number of para-hydroxylation sites is 1. The Kier molecular flexibility index (Phi) is 4.15. The molecule has 0 aliphatic rings. The zero-order chi connectivity index (χ0) is 16.4. The molecule has 0 amide bonds. The number of nitrogens with zero attached hydrogens (tertiary/aromatic N) is 1. The van der Waals surface area contributed by atoms with E-state index in [-0.39, 0.29) is 11.7 Å². The summed E-state index contributed by atoms with van der Waals surface area (Å²) >= 11 is 0. The fourth-order valence-electron chi connectivity index (χ4n) is 2.48. The molecule has 0 aliphatic heterocycles. The molecule has 0 aliphatic carbocycles. The van der Waals surface area contributed by atoms with Gasteiger partial charge < -0.3 is 10.3 Å². The number of hydrogen-bond donors (Lipinski definition) is 2. The molecule has 23 heavy (non-hydrogen) atoms. The molecule has 1 heterocycles. The van der Waals surface area contributed by atoms with Crippen LogP contribution in [-0.4, -0.2) is 15.8 Å². The molecular formula is C19H21N3O. The maximum Gasteiger partial charge on any atom is 0.205 e. The molecule has 2 aromatic carbocycles. The Morgan fingerprint density at radius 3 is 2.57 bits per heavy atom. The fraction of sp³-hybridized carbons (Fsp3) is 0.263. The first kappa shape index (κ1) is 15.3. The number of H-pyrrole nitrogens is 1. The minimum absolute atomic E-state index is 0.0755. The predicted molar refractivity (Wildman–Crippen MR) is 94.1 cm³/mol. The van der Waals surface area contributed by atoms with Crippen LogP contribution in [0.25, 0.3) is 11.0 Å². The van der Waals surface area contributed by atoms with Gasteiger partial charge in [0.15, 0.2) is 0 Å². The van der Waals surface area contributed by atoms with Crippen molar-refractivity contribution in [3.05, 3.63) is 53.6 Å². The third kappa shape index (κ3) is 3.42. The second kappa shape index (κ2) is 6.24. The molecule has 0 saturated carbocycles. The van der Waals surface area contributed by atoms with Crippen molar-refractivity contribution in [3.63, 3.8) is 0 Å². The molecule has 0 atom stereocenters. The number of ketones is 1. The van der Waals surface area contributed by atoms with Gasteiger partial charge in [-0.25, -0.2) is 4.98 Å². The first-order valence-corrected chi connectivity index (χ1v) is 7.87. The van der Waals surface area contributed by atoms with Gasteiger partial charge in [-0.15, -0.1) is 0 Å². The monoisotopic (exact) mass is 307 g/mol. The lowest BCUT2D eigenvalue weighted by Crippen LogP contribution is -2.10. The molecule has 3 aromatic rings. The number of hydrogen-bond acceptors (Lipinski definition) is 3. The van der Waals surface area contributed by atoms with E-state index >= 15 is 0 Å². The van der Waals surface area contributed by atoms with Crippen LogP contribution in [0.2, 0.25) is 0 Å². The summed E-state index contributed by atoms with van der Waals surface area (Å²) in [6.07, 6.45) is 0.488. The zero-order valence-corrected chi connectivity index (χ0v) is 13.7. The predicted octanol–water partition coefficient (Wildman–Crippen LogP) is 4.38. The number of rotatable bonds is 5. The lowest BCUT2D eigenvalue weighted by Gasteiger charge is -2.06. The number of aromatic amines is 1. The van der Waals surface area contributed by atoms with Crippen molar-refractivity contribution in [2.75, 3.05) is 5.32 Å². The maximum absolute atomic E-state index is 11.8. The topological polar surface area (TPSA) is 57.8 Å². The van der Waals surface area contributed by atoms with Gasteiger partial charge in [-0.05, 0) is 36.2 Å². The molecule has 4 nitrogen and oxygen atoms in total. The van der Waals surface area contributed by atoms with Crippen LogP contribution < -0.4 is 5.32 Å². The highest BCUT2D eigenvalue weighted by Crippen LogP contribution is 2.21. The van der Waals surface area contributed by atoms with Crippen LogP contribution >= 0.6 is 0 Å². The molecule has 0 saturated heterocycles. The highest BCUT2D eigenvalue weighted by molar-refractivity contribution is 5.83. The summed E-state index contributed by atoms with van der Waals surface area (Å²) in [6, 6.07) is 14.0. The molecule has 118 valence electrons. The minimum Gasteiger partial charge on any atom is -0.326 e. The van der Waals surface area contributed by atoms with E-state index in [9.17, 15) is 4.79 Å². The Hall–Kier alpha value is -2.62. The van der Waals surface area contributed by atoms with Crippen molar-refractivity contribution < 1.29 is 4.79 Å². The molecule has 4 heteroatoms. The summed E-state index contributed by atoms with van der Waals surface area (Å²) in [5.41, 5.74) is 5.13. The van der Waals surface area contributed by atoms with E-state index in [1.165, 1.54) is 0 Å². The molecular weight excluding hydrogens is 286 g/mol. The number of carbonyl (C=O) groups is 1. The number of carbonyl (C=O) groups excluding carboxylic acids is 1. The molecule has 0 fully saturated rings. The molecule has 1 aromatic heterocycles.